The molecule has 5 saturated carbocycles. The topological polar surface area (TPSA) is 113 Å². The number of aliphatic carboxylic acids is 1. The molecule has 0 amide bonds. The number of nitrogens with one attached hydrogen (secondary N) is 1. The molecule has 6 rings (SSSR count). The average Bonchev–Trinajstić information content (AvgIpc) is 3.39. The molecule has 2 N–H and O–H groups in total. The Balaban J connectivity index is 1.20. The highest BCUT2D eigenvalue weighted by Crippen LogP contribution is 2.76. The van der Waals surface area contributed by atoms with Crippen molar-refractivity contribution in [2.24, 2.45) is 62.6 Å². The van der Waals surface area contributed by atoms with Gasteiger partial charge in [0.1, 0.15) is 6.10 Å². The van der Waals surface area contributed by atoms with E-state index in [2.05, 4.69) is 58.7 Å². The third-order valence-corrected chi connectivity index (χ3v) is 18.7. The SMILES string of the molecule is CC(C)[C@@H]1CC[C@]2(NCCN3CCS(=O)(=O)CC3)CC[C@]3(C)[C@H](CC[C@@H]4[C@@]5(C)CC[C@H](OC(=O)CC(C)(C)C(=O)O)C(C)(C)[C@@H]5CC[C@]43C)[C@@H]12. The molecular formula is C41H70N2O6S. The van der Waals surface area contributed by atoms with Gasteiger partial charge in [-0.15, -0.1) is 0 Å². The fraction of sp³-hybridized carbons (Fsp3) is 0.951. The summed E-state index contributed by atoms with van der Waals surface area (Å²) in [6.45, 7) is 23.9. The molecule has 6 aliphatic rings. The number of rotatable bonds is 9. The molecule has 0 aromatic heterocycles. The highest BCUT2D eigenvalue weighted by molar-refractivity contribution is 7.91. The van der Waals surface area contributed by atoms with Crippen LogP contribution in [0.15, 0.2) is 0 Å². The van der Waals surface area contributed by atoms with E-state index >= 15 is 0 Å². The number of sulfone groups is 1. The van der Waals surface area contributed by atoms with Crippen LogP contribution in [0.3, 0.4) is 0 Å². The van der Waals surface area contributed by atoms with Crippen molar-refractivity contribution in [2.75, 3.05) is 37.7 Å². The van der Waals surface area contributed by atoms with Crippen LogP contribution in [0.4, 0.5) is 0 Å². The lowest BCUT2D eigenvalue weighted by Gasteiger charge is -2.73. The number of carboxylic acids is 1. The molecular weight excluding hydrogens is 649 g/mol. The summed E-state index contributed by atoms with van der Waals surface area (Å²) >= 11 is 0. The number of hydrogen-bond donors (Lipinski definition) is 2. The maximum absolute atomic E-state index is 13.1. The largest absolute Gasteiger partial charge is 0.481 e. The van der Waals surface area contributed by atoms with Crippen LogP contribution in [0.2, 0.25) is 0 Å². The van der Waals surface area contributed by atoms with Crippen LogP contribution < -0.4 is 5.32 Å². The van der Waals surface area contributed by atoms with Gasteiger partial charge in [0.15, 0.2) is 9.84 Å². The van der Waals surface area contributed by atoms with Crippen LogP contribution in [-0.2, 0) is 24.2 Å². The number of nitrogens with zero attached hydrogens (tertiary/aromatic N) is 1. The van der Waals surface area contributed by atoms with Crippen LogP contribution in [0.5, 0.6) is 0 Å². The number of hydrogen-bond acceptors (Lipinski definition) is 7. The number of fused-ring (bicyclic) bond motifs is 7. The van der Waals surface area contributed by atoms with Crippen molar-refractivity contribution >= 4 is 21.8 Å². The molecule has 0 aromatic rings. The van der Waals surface area contributed by atoms with Crippen LogP contribution in [-0.4, -0.2) is 79.7 Å². The Morgan fingerprint density at radius 1 is 0.880 bits per heavy atom. The first kappa shape index (κ1) is 38.5. The van der Waals surface area contributed by atoms with Gasteiger partial charge in [-0.05, 0) is 130 Å². The van der Waals surface area contributed by atoms with Gasteiger partial charge in [0, 0.05) is 37.1 Å². The van der Waals surface area contributed by atoms with Crippen LogP contribution in [0, 0.1) is 62.6 Å². The van der Waals surface area contributed by atoms with Crippen molar-refractivity contribution in [1.29, 1.82) is 0 Å². The van der Waals surface area contributed by atoms with E-state index in [1.165, 1.54) is 44.9 Å². The van der Waals surface area contributed by atoms with Gasteiger partial charge in [-0.3, -0.25) is 9.59 Å². The number of carbonyl (C=O) groups excluding carboxylic acids is 1. The Kier molecular flexibility index (Phi) is 10.0. The maximum atomic E-state index is 13.1. The predicted octanol–water partition coefficient (Wildman–Crippen LogP) is 7.21. The summed E-state index contributed by atoms with van der Waals surface area (Å²) in [4.78, 5) is 27.2. The van der Waals surface area contributed by atoms with E-state index in [1.54, 1.807) is 13.8 Å². The van der Waals surface area contributed by atoms with E-state index in [9.17, 15) is 23.1 Å². The summed E-state index contributed by atoms with van der Waals surface area (Å²) in [6, 6.07) is 0. The second-order valence-electron chi connectivity index (χ2n) is 20.4. The Morgan fingerprint density at radius 3 is 2.20 bits per heavy atom. The van der Waals surface area contributed by atoms with E-state index < -0.39 is 21.2 Å². The van der Waals surface area contributed by atoms with Gasteiger partial charge < -0.3 is 20.1 Å². The van der Waals surface area contributed by atoms with E-state index in [0.29, 0.717) is 54.2 Å². The molecule has 0 radical (unpaired) electrons. The zero-order valence-electron chi connectivity index (χ0n) is 32.9. The third kappa shape index (κ3) is 6.21. The van der Waals surface area contributed by atoms with Gasteiger partial charge in [-0.25, -0.2) is 8.42 Å². The Morgan fingerprint density at radius 2 is 1.56 bits per heavy atom. The summed E-state index contributed by atoms with van der Waals surface area (Å²) < 4.78 is 30.2. The van der Waals surface area contributed by atoms with E-state index in [1.807, 2.05) is 0 Å². The molecule has 5 aliphatic carbocycles. The molecule has 1 saturated heterocycles. The number of carbonyl (C=O) groups is 2. The number of ether oxygens (including phenoxy) is 1. The minimum Gasteiger partial charge on any atom is -0.481 e. The van der Waals surface area contributed by atoms with Gasteiger partial charge >= 0.3 is 11.9 Å². The van der Waals surface area contributed by atoms with Crippen molar-refractivity contribution in [3.63, 3.8) is 0 Å². The van der Waals surface area contributed by atoms with Gasteiger partial charge in [-0.2, -0.15) is 0 Å². The van der Waals surface area contributed by atoms with Crippen molar-refractivity contribution in [3.8, 4) is 0 Å². The fourth-order valence-electron chi connectivity index (χ4n) is 14.0. The minimum absolute atomic E-state index is 0.102. The van der Waals surface area contributed by atoms with Crippen LogP contribution >= 0.6 is 0 Å². The molecule has 0 unspecified atom stereocenters. The van der Waals surface area contributed by atoms with Crippen molar-refractivity contribution < 1.29 is 27.9 Å². The van der Waals surface area contributed by atoms with Gasteiger partial charge in [-0.1, -0.05) is 48.5 Å². The predicted molar refractivity (Wildman–Crippen MR) is 198 cm³/mol. The molecule has 10 atom stereocenters. The maximum Gasteiger partial charge on any atom is 0.309 e. The fourth-order valence-corrected chi connectivity index (χ4v) is 15.2. The third-order valence-electron chi connectivity index (χ3n) is 17.1. The molecule has 0 bridgehead atoms. The number of esters is 1. The molecule has 0 aromatic carbocycles. The monoisotopic (exact) mass is 718 g/mol. The summed E-state index contributed by atoms with van der Waals surface area (Å²) in [5.74, 6) is 3.09. The quantitative estimate of drug-likeness (QED) is 0.241. The second kappa shape index (κ2) is 13.0. The van der Waals surface area contributed by atoms with Crippen LogP contribution in [0.25, 0.3) is 0 Å². The van der Waals surface area contributed by atoms with Gasteiger partial charge in [0.05, 0.1) is 23.3 Å². The van der Waals surface area contributed by atoms with Crippen molar-refractivity contribution in [2.45, 2.75) is 145 Å². The standard InChI is InChI=1S/C41H70N2O6S/c1-27(2)28-12-17-41(42-20-21-43-22-24-50(47,48)25-23-43)19-18-39(8)29(34(28)41)10-11-31-38(7)15-14-32(49-33(44)26-36(3,4)35(45)46)37(5,6)30(38)13-16-40(31,39)9/h27-32,34,42H,10-26H2,1-9H3,(H,45,46)/t28-,29+,30-,31+,32-,34+,38-,39+,40+,41-/m0/s1. The lowest BCUT2D eigenvalue weighted by molar-refractivity contribution is -0.247. The highest BCUT2D eigenvalue weighted by atomic mass is 32.2. The zero-order chi connectivity index (χ0) is 36.7. The summed E-state index contributed by atoms with van der Waals surface area (Å²) in [5, 5.41) is 13.8. The highest BCUT2D eigenvalue weighted by Gasteiger charge is 2.71. The second-order valence-corrected chi connectivity index (χ2v) is 22.7. The van der Waals surface area contributed by atoms with Gasteiger partial charge in [0.2, 0.25) is 0 Å². The molecule has 0 spiro atoms. The van der Waals surface area contributed by atoms with Crippen molar-refractivity contribution in [1.82, 2.24) is 10.2 Å². The summed E-state index contributed by atoms with van der Waals surface area (Å²) in [7, 11) is -2.86. The molecule has 1 heterocycles. The Labute approximate surface area is 303 Å². The van der Waals surface area contributed by atoms with Gasteiger partial charge in [0.25, 0.3) is 0 Å². The first-order valence-corrected chi connectivity index (χ1v) is 22.0. The normalized spacial score (nSPS) is 44.0. The molecule has 50 heavy (non-hydrogen) atoms. The molecule has 8 nitrogen and oxygen atoms in total. The van der Waals surface area contributed by atoms with Crippen LogP contribution in [0.1, 0.15) is 133 Å². The van der Waals surface area contributed by atoms with Crippen molar-refractivity contribution in [3.05, 3.63) is 0 Å². The van der Waals surface area contributed by atoms with E-state index in [-0.39, 0.29) is 45.7 Å². The Bertz CT molecular complexity index is 1410. The molecule has 1 aliphatic heterocycles. The average molecular weight is 719 g/mol. The first-order valence-electron chi connectivity index (χ1n) is 20.2. The lowest BCUT2D eigenvalue weighted by atomic mass is 9.32. The van der Waals surface area contributed by atoms with E-state index in [4.69, 9.17) is 4.74 Å². The zero-order valence-corrected chi connectivity index (χ0v) is 33.7. The summed E-state index contributed by atoms with van der Waals surface area (Å²) in [5.41, 5.74) is -0.422. The number of carboxylic acid groups (broad SMARTS) is 1. The molecule has 9 heteroatoms. The minimum atomic E-state index is -2.86. The smallest absolute Gasteiger partial charge is 0.309 e. The lowest BCUT2D eigenvalue weighted by Crippen LogP contribution is -2.69. The Hall–Kier alpha value is -1.19. The first-order chi connectivity index (χ1) is 23.1. The summed E-state index contributed by atoms with van der Waals surface area (Å²) in [6.07, 6.45) is 11.6. The van der Waals surface area contributed by atoms with E-state index in [0.717, 1.165) is 38.3 Å². The molecule has 286 valence electrons. The molecule has 6 fully saturated rings.